The number of rotatable bonds is 1. The van der Waals surface area contributed by atoms with Crippen molar-refractivity contribution in [2.45, 2.75) is 6.18 Å². The van der Waals surface area contributed by atoms with Crippen molar-refractivity contribution in [3.8, 4) is 11.1 Å². The van der Waals surface area contributed by atoms with Crippen molar-refractivity contribution in [2.75, 3.05) is 0 Å². The maximum absolute atomic E-state index is 12.5. The quantitative estimate of drug-likeness (QED) is 0.630. The van der Waals surface area contributed by atoms with E-state index in [4.69, 9.17) is 6.57 Å². The molecule has 0 fully saturated rings. The van der Waals surface area contributed by atoms with Gasteiger partial charge in [0.15, 0.2) is 5.69 Å². The third-order valence-corrected chi connectivity index (χ3v) is 2.53. The van der Waals surface area contributed by atoms with E-state index >= 15 is 0 Å². The van der Waals surface area contributed by atoms with Crippen molar-refractivity contribution >= 4 is 5.69 Å². The summed E-state index contributed by atoms with van der Waals surface area (Å²) in [5, 5.41) is 0. The summed E-state index contributed by atoms with van der Waals surface area (Å²) in [5.41, 5.74) is 0.458. The summed E-state index contributed by atoms with van der Waals surface area (Å²) in [6.07, 6.45) is -4.42. The largest absolute Gasteiger partial charge is 0.415 e. The van der Waals surface area contributed by atoms with Crippen molar-refractivity contribution < 1.29 is 13.2 Å². The van der Waals surface area contributed by atoms with E-state index in [1.54, 1.807) is 24.3 Å². The molecule has 18 heavy (non-hydrogen) atoms. The first-order valence-corrected chi connectivity index (χ1v) is 5.16. The van der Waals surface area contributed by atoms with Crippen molar-refractivity contribution in [1.82, 2.24) is 0 Å². The predicted molar refractivity (Wildman–Crippen MR) is 63.1 cm³/mol. The van der Waals surface area contributed by atoms with Gasteiger partial charge in [-0.15, -0.1) is 0 Å². The molecule has 2 rings (SSSR count). The van der Waals surface area contributed by atoms with Crippen LogP contribution in [0.25, 0.3) is 16.0 Å². The van der Waals surface area contributed by atoms with Gasteiger partial charge in [-0.05, 0) is 17.2 Å². The van der Waals surface area contributed by atoms with Gasteiger partial charge in [-0.25, -0.2) is 4.85 Å². The number of hydrogen-bond donors (Lipinski definition) is 0. The van der Waals surface area contributed by atoms with Crippen LogP contribution in [-0.4, -0.2) is 0 Å². The SMILES string of the molecule is [C-]#[N+]c1cc(C(F)(F)F)ccc1-c1ccccc1. The molecule has 0 aliphatic heterocycles. The Morgan fingerprint density at radius 2 is 1.61 bits per heavy atom. The molecular weight excluding hydrogens is 239 g/mol. The first-order valence-electron chi connectivity index (χ1n) is 5.16. The van der Waals surface area contributed by atoms with Gasteiger partial charge in [0, 0.05) is 5.56 Å². The Hall–Kier alpha value is -2.28. The van der Waals surface area contributed by atoms with Gasteiger partial charge < -0.3 is 0 Å². The molecule has 0 unspecified atom stereocenters. The Kier molecular flexibility index (Phi) is 3.07. The van der Waals surface area contributed by atoms with Crippen LogP contribution in [0.2, 0.25) is 0 Å². The van der Waals surface area contributed by atoms with E-state index in [0.717, 1.165) is 17.7 Å². The summed E-state index contributed by atoms with van der Waals surface area (Å²) in [6.45, 7) is 6.99. The molecule has 4 heteroatoms. The highest BCUT2D eigenvalue weighted by Crippen LogP contribution is 2.37. The van der Waals surface area contributed by atoms with Gasteiger partial charge in [0.2, 0.25) is 0 Å². The maximum Gasteiger partial charge on any atom is 0.415 e. The zero-order chi connectivity index (χ0) is 13.2. The third kappa shape index (κ3) is 2.35. The molecule has 0 saturated heterocycles. The van der Waals surface area contributed by atoms with Gasteiger partial charge in [-0.1, -0.05) is 42.5 Å². The Balaban J connectivity index is 2.56. The lowest BCUT2D eigenvalue weighted by atomic mass is 10.0. The van der Waals surface area contributed by atoms with Crippen molar-refractivity contribution in [3.63, 3.8) is 0 Å². The van der Waals surface area contributed by atoms with Crippen molar-refractivity contribution in [3.05, 3.63) is 65.5 Å². The molecule has 0 aliphatic rings. The molecule has 0 aliphatic carbocycles. The highest BCUT2D eigenvalue weighted by atomic mass is 19.4. The van der Waals surface area contributed by atoms with Gasteiger partial charge in [0.1, 0.15) is 0 Å². The summed E-state index contributed by atoms with van der Waals surface area (Å²) in [6, 6.07) is 12.1. The molecule has 0 radical (unpaired) electrons. The summed E-state index contributed by atoms with van der Waals surface area (Å²) in [7, 11) is 0. The van der Waals surface area contributed by atoms with E-state index in [1.807, 2.05) is 6.07 Å². The Bertz CT molecular complexity index is 595. The molecule has 2 aromatic rings. The fourth-order valence-electron chi connectivity index (χ4n) is 1.66. The van der Waals surface area contributed by atoms with Crippen LogP contribution in [0.4, 0.5) is 18.9 Å². The molecule has 0 bridgehead atoms. The summed E-state index contributed by atoms with van der Waals surface area (Å²) >= 11 is 0. The first kappa shape index (κ1) is 12.2. The fraction of sp³-hybridized carbons (Fsp3) is 0.0714. The monoisotopic (exact) mass is 247 g/mol. The van der Waals surface area contributed by atoms with Crippen LogP contribution < -0.4 is 0 Å². The van der Waals surface area contributed by atoms with Crippen LogP contribution in [0.3, 0.4) is 0 Å². The van der Waals surface area contributed by atoms with Gasteiger partial charge in [0.05, 0.1) is 6.57 Å². The number of halogens is 3. The number of nitrogens with zero attached hydrogens (tertiary/aromatic N) is 1. The minimum Gasteiger partial charge on any atom is -0.238 e. The number of benzene rings is 2. The Morgan fingerprint density at radius 3 is 2.17 bits per heavy atom. The lowest BCUT2D eigenvalue weighted by Gasteiger charge is -2.10. The second kappa shape index (κ2) is 4.53. The molecule has 0 amide bonds. The van der Waals surface area contributed by atoms with Crippen molar-refractivity contribution in [2.24, 2.45) is 0 Å². The molecule has 0 aromatic heterocycles. The van der Waals surface area contributed by atoms with E-state index in [-0.39, 0.29) is 5.69 Å². The average Bonchev–Trinajstić information content (AvgIpc) is 2.38. The lowest BCUT2D eigenvalue weighted by Crippen LogP contribution is -2.04. The van der Waals surface area contributed by atoms with E-state index < -0.39 is 11.7 Å². The van der Waals surface area contributed by atoms with Crippen LogP contribution in [0.15, 0.2) is 48.5 Å². The molecule has 0 atom stereocenters. The smallest absolute Gasteiger partial charge is 0.238 e. The maximum atomic E-state index is 12.5. The summed E-state index contributed by atoms with van der Waals surface area (Å²) in [5.74, 6) is 0. The molecule has 0 heterocycles. The zero-order valence-corrected chi connectivity index (χ0v) is 9.20. The molecule has 90 valence electrons. The van der Waals surface area contributed by atoms with Crippen LogP contribution in [0.5, 0.6) is 0 Å². The summed E-state index contributed by atoms with van der Waals surface area (Å²) < 4.78 is 37.6. The zero-order valence-electron chi connectivity index (χ0n) is 9.20. The molecule has 1 nitrogen and oxygen atoms in total. The normalized spacial score (nSPS) is 11.0. The van der Waals surface area contributed by atoms with Crippen LogP contribution >= 0.6 is 0 Å². The minimum absolute atomic E-state index is 0.0102. The number of alkyl halides is 3. The van der Waals surface area contributed by atoms with E-state index in [1.165, 1.54) is 6.07 Å². The van der Waals surface area contributed by atoms with Crippen LogP contribution in [0.1, 0.15) is 5.56 Å². The predicted octanol–water partition coefficient (Wildman–Crippen LogP) is 4.92. The molecule has 0 spiro atoms. The van der Waals surface area contributed by atoms with E-state index in [9.17, 15) is 13.2 Å². The lowest BCUT2D eigenvalue weighted by molar-refractivity contribution is -0.137. The molecule has 0 N–H and O–H groups in total. The minimum atomic E-state index is -4.42. The molecule has 2 aromatic carbocycles. The van der Waals surface area contributed by atoms with Crippen LogP contribution in [-0.2, 0) is 6.18 Å². The number of hydrogen-bond acceptors (Lipinski definition) is 0. The fourth-order valence-corrected chi connectivity index (χ4v) is 1.66. The van der Waals surface area contributed by atoms with Gasteiger partial charge in [0.25, 0.3) is 0 Å². The Morgan fingerprint density at radius 1 is 0.944 bits per heavy atom. The topological polar surface area (TPSA) is 4.36 Å². The van der Waals surface area contributed by atoms with E-state index in [2.05, 4.69) is 4.85 Å². The second-order valence-electron chi connectivity index (χ2n) is 3.71. The van der Waals surface area contributed by atoms with Gasteiger partial charge in [-0.3, -0.25) is 0 Å². The van der Waals surface area contributed by atoms with Gasteiger partial charge in [-0.2, -0.15) is 13.2 Å². The first-order chi connectivity index (χ1) is 8.52. The highest BCUT2D eigenvalue weighted by Gasteiger charge is 2.30. The molecule has 0 saturated carbocycles. The average molecular weight is 247 g/mol. The van der Waals surface area contributed by atoms with Crippen LogP contribution in [0, 0.1) is 6.57 Å². The van der Waals surface area contributed by atoms with E-state index in [0.29, 0.717) is 5.56 Å². The standard InChI is InChI=1S/C14H8F3N/c1-18-13-9-11(14(15,16)17)7-8-12(13)10-5-3-2-4-6-10/h2-9H. The molecular formula is C14H8F3N. The second-order valence-corrected chi connectivity index (χ2v) is 3.71. The Labute approximate surface area is 102 Å². The highest BCUT2D eigenvalue weighted by molar-refractivity contribution is 5.79. The van der Waals surface area contributed by atoms with Crippen molar-refractivity contribution in [1.29, 1.82) is 0 Å². The van der Waals surface area contributed by atoms with Gasteiger partial charge >= 0.3 is 6.18 Å². The third-order valence-electron chi connectivity index (χ3n) is 2.53. The summed E-state index contributed by atoms with van der Waals surface area (Å²) in [4.78, 5) is 3.17.